The lowest BCUT2D eigenvalue weighted by molar-refractivity contribution is 0.252. The summed E-state index contributed by atoms with van der Waals surface area (Å²) in [7, 11) is 1.51. The molecule has 0 bridgehead atoms. The van der Waals surface area contributed by atoms with E-state index < -0.39 is 5.82 Å². The molecule has 0 aromatic carbocycles. The molecule has 0 spiro atoms. The summed E-state index contributed by atoms with van der Waals surface area (Å²) < 4.78 is 20.9. The molecule has 31 heavy (non-hydrogen) atoms. The molecule has 0 unspecified atom stereocenters. The number of methoxy groups -OCH3 is 1. The van der Waals surface area contributed by atoms with Gasteiger partial charge in [-0.3, -0.25) is 4.98 Å². The smallest absolute Gasteiger partial charge is 0.319 e. The Morgan fingerprint density at radius 1 is 1.26 bits per heavy atom. The quantitative estimate of drug-likeness (QED) is 0.437. The molecule has 0 atom stereocenters. The number of hydrogen-bond acceptors (Lipinski definition) is 7. The number of pyridine rings is 2. The van der Waals surface area contributed by atoms with Crippen LogP contribution >= 0.6 is 0 Å². The monoisotopic (exact) mass is 422 g/mol. The lowest BCUT2D eigenvalue weighted by atomic mass is 10.3. The molecule has 0 saturated heterocycles. The Hall–Kier alpha value is -4.28. The number of nitrogens with one attached hydrogen (secondary N) is 3. The largest absolute Gasteiger partial charge is 0.481 e. The first-order chi connectivity index (χ1) is 15.1. The number of anilines is 3. The van der Waals surface area contributed by atoms with E-state index in [4.69, 9.17) is 4.74 Å². The fourth-order valence-corrected chi connectivity index (χ4v) is 2.86. The van der Waals surface area contributed by atoms with Crippen molar-refractivity contribution in [2.24, 2.45) is 0 Å². The van der Waals surface area contributed by atoms with Crippen LogP contribution in [-0.2, 0) is 0 Å². The average Bonchev–Trinajstić information content (AvgIpc) is 3.18. The van der Waals surface area contributed by atoms with Crippen LogP contribution in [0.2, 0.25) is 0 Å². The third-order valence-electron chi connectivity index (χ3n) is 4.25. The van der Waals surface area contributed by atoms with E-state index in [1.165, 1.54) is 23.9 Å². The predicted molar refractivity (Wildman–Crippen MR) is 113 cm³/mol. The van der Waals surface area contributed by atoms with Crippen molar-refractivity contribution in [3.8, 4) is 17.4 Å². The second-order valence-electron chi connectivity index (χ2n) is 6.37. The first-order valence-electron chi connectivity index (χ1n) is 9.40. The van der Waals surface area contributed by atoms with Crippen molar-refractivity contribution in [1.29, 1.82) is 0 Å². The zero-order valence-corrected chi connectivity index (χ0v) is 16.8. The van der Waals surface area contributed by atoms with Crippen LogP contribution in [0.4, 0.5) is 26.4 Å². The third kappa shape index (κ3) is 4.34. The topological polar surface area (TPSA) is 118 Å². The molecule has 0 aliphatic heterocycles. The van der Waals surface area contributed by atoms with Gasteiger partial charge in [-0.1, -0.05) is 6.07 Å². The van der Waals surface area contributed by atoms with Gasteiger partial charge in [0.05, 0.1) is 30.9 Å². The Kier molecular flexibility index (Phi) is 5.56. The normalized spacial score (nSPS) is 10.7. The highest BCUT2D eigenvalue weighted by molar-refractivity contribution is 5.91. The molecule has 4 heterocycles. The maximum Gasteiger partial charge on any atom is 0.319 e. The molecule has 0 aliphatic rings. The van der Waals surface area contributed by atoms with Gasteiger partial charge in [0.2, 0.25) is 11.7 Å². The van der Waals surface area contributed by atoms with Gasteiger partial charge >= 0.3 is 6.03 Å². The number of amides is 2. The van der Waals surface area contributed by atoms with Crippen molar-refractivity contribution in [2.45, 2.75) is 6.92 Å². The number of aromatic nitrogens is 5. The number of halogens is 1. The van der Waals surface area contributed by atoms with Gasteiger partial charge in [-0.15, -0.1) is 5.10 Å². The van der Waals surface area contributed by atoms with Crippen molar-refractivity contribution in [2.75, 3.05) is 24.3 Å². The van der Waals surface area contributed by atoms with Gasteiger partial charge < -0.3 is 20.7 Å². The molecule has 158 valence electrons. The van der Waals surface area contributed by atoms with E-state index in [0.717, 1.165) is 6.20 Å². The Balaban J connectivity index is 1.81. The number of hydrogen-bond donors (Lipinski definition) is 3. The Bertz CT molecular complexity index is 1240. The van der Waals surface area contributed by atoms with Crippen LogP contribution in [0.1, 0.15) is 6.92 Å². The molecule has 11 heteroatoms. The van der Waals surface area contributed by atoms with Gasteiger partial charge in [0.25, 0.3) is 0 Å². The highest BCUT2D eigenvalue weighted by atomic mass is 19.1. The Morgan fingerprint density at radius 2 is 2.13 bits per heavy atom. The predicted octanol–water partition coefficient (Wildman–Crippen LogP) is 3.22. The number of fused-ring (bicyclic) bond motifs is 1. The number of carbonyl (C=O) groups excluding carboxylic acids is 1. The molecule has 0 radical (unpaired) electrons. The number of urea groups is 1. The number of ether oxygens (including phenoxy) is 1. The summed E-state index contributed by atoms with van der Waals surface area (Å²) in [6, 6.07) is 8.03. The molecule has 0 saturated carbocycles. The SMILES string of the molecule is CCNC(=O)Nc1cc2c(Nc3ccncc3F)nc(-c3cccc(OC)n3)nn2c1. The van der Waals surface area contributed by atoms with E-state index in [2.05, 4.69) is 36.0 Å². The molecule has 2 amide bonds. The molecule has 0 aliphatic carbocycles. The minimum absolute atomic E-state index is 0.194. The summed E-state index contributed by atoms with van der Waals surface area (Å²) in [5, 5.41) is 12.8. The minimum Gasteiger partial charge on any atom is -0.481 e. The summed E-state index contributed by atoms with van der Waals surface area (Å²) in [5.74, 6) is 0.474. The molecule has 4 aromatic rings. The van der Waals surface area contributed by atoms with E-state index in [1.807, 2.05) is 6.92 Å². The van der Waals surface area contributed by atoms with Gasteiger partial charge in [0.1, 0.15) is 11.2 Å². The summed E-state index contributed by atoms with van der Waals surface area (Å²) in [6.07, 6.45) is 4.20. The second-order valence-corrected chi connectivity index (χ2v) is 6.37. The molecular formula is C20H19FN8O2. The first-order valence-corrected chi connectivity index (χ1v) is 9.40. The lowest BCUT2D eigenvalue weighted by Crippen LogP contribution is -2.27. The summed E-state index contributed by atoms with van der Waals surface area (Å²) >= 11 is 0. The van der Waals surface area contributed by atoms with Crippen LogP contribution in [-0.4, -0.2) is 44.3 Å². The Morgan fingerprint density at radius 3 is 2.90 bits per heavy atom. The maximum absolute atomic E-state index is 14.2. The molecule has 4 rings (SSSR count). The summed E-state index contributed by atoms with van der Waals surface area (Å²) in [5.41, 5.74) is 1.68. The zero-order chi connectivity index (χ0) is 21.8. The fraction of sp³-hybridized carbons (Fsp3) is 0.150. The van der Waals surface area contributed by atoms with Crippen molar-refractivity contribution in [1.82, 2.24) is 29.9 Å². The van der Waals surface area contributed by atoms with Crippen molar-refractivity contribution >= 4 is 28.7 Å². The van der Waals surface area contributed by atoms with Gasteiger partial charge in [0, 0.05) is 18.8 Å². The van der Waals surface area contributed by atoms with E-state index in [-0.39, 0.29) is 17.5 Å². The molecular weight excluding hydrogens is 403 g/mol. The average molecular weight is 422 g/mol. The van der Waals surface area contributed by atoms with Crippen LogP contribution in [0.25, 0.3) is 17.0 Å². The number of rotatable bonds is 6. The maximum atomic E-state index is 14.2. The van der Waals surface area contributed by atoms with E-state index in [1.54, 1.807) is 30.5 Å². The van der Waals surface area contributed by atoms with E-state index in [0.29, 0.717) is 35.1 Å². The van der Waals surface area contributed by atoms with Crippen molar-refractivity contribution in [3.05, 3.63) is 54.7 Å². The van der Waals surface area contributed by atoms with Crippen LogP contribution in [0.5, 0.6) is 5.88 Å². The van der Waals surface area contributed by atoms with Crippen LogP contribution in [0, 0.1) is 5.82 Å². The van der Waals surface area contributed by atoms with E-state index >= 15 is 0 Å². The van der Waals surface area contributed by atoms with Crippen LogP contribution in [0.15, 0.2) is 48.9 Å². The van der Waals surface area contributed by atoms with Crippen LogP contribution < -0.4 is 20.7 Å². The zero-order valence-electron chi connectivity index (χ0n) is 16.8. The fourth-order valence-electron chi connectivity index (χ4n) is 2.86. The summed E-state index contributed by atoms with van der Waals surface area (Å²) in [6.45, 7) is 2.30. The van der Waals surface area contributed by atoms with Gasteiger partial charge in [-0.25, -0.2) is 23.7 Å². The van der Waals surface area contributed by atoms with Crippen molar-refractivity contribution < 1.29 is 13.9 Å². The highest BCUT2D eigenvalue weighted by Gasteiger charge is 2.15. The Labute approximate surface area is 176 Å². The summed E-state index contributed by atoms with van der Waals surface area (Å²) in [4.78, 5) is 24.6. The first kappa shape index (κ1) is 20.0. The minimum atomic E-state index is -0.535. The van der Waals surface area contributed by atoms with Gasteiger partial charge in [-0.05, 0) is 25.1 Å². The standard InChI is InChI=1S/C20H19FN8O2/c1-3-23-20(30)24-12-9-16-19(26-14-7-8-22-10-13(14)21)27-18(28-29(16)11-12)15-5-4-6-17(25-15)31-2/h4-11H,3H2,1-2H3,(H2,23,24,30)(H,22,26,27,28). The lowest BCUT2D eigenvalue weighted by Gasteiger charge is -2.10. The molecule has 4 aromatic heterocycles. The number of carbonyl (C=O) groups is 1. The molecule has 3 N–H and O–H groups in total. The van der Waals surface area contributed by atoms with Crippen molar-refractivity contribution in [3.63, 3.8) is 0 Å². The van der Waals surface area contributed by atoms with Crippen LogP contribution in [0.3, 0.4) is 0 Å². The second kappa shape index (κ2) is 8.61. The van der Waals surface area contributed by atoms with Gasteiger partial charge in [-0.2, -0.15) is 0 Å². The number of nitrogens with zero attached hydrogens (tertiary/aromatic N) is 5. The highest BCUT2D eigenvalue weighted by Crippen LogP contribution is 2.27. The molecule has 0 fully saturated rings. The molecule has 10 nitrogen and oxygen atoms in total. The van der Waals surface area contributed by atoms with Gasteiger partial charge in [0.15, 0.2) is 11.6 Å². The van der Waals surface area contributed by atoms with E-state index in [9.17, 15) is 9.18 Å². The third-order valence-corrected chi connectivity index (χ3v) is 4.25.